The number of nitrogens with zero attached hydrogens (tertiary/aromatic N) is 2. The van der Waals surface area contributed by atoms with E-state index in [0.29, 0.717) is 12.3 Å². The van der Waals surface area contributed by atoms with E-state index >= 15 is 0 Å². The Morgan fingerprint density at radius 1 is 0.891 bits per heavy atom. The highest BCUT2D eigenvalue weighted by Gasteiger charge is 2.35. The van der Waals surface area contributed by atoms with Gasteiger partial charge in [-0.1, -0.05) is 102 Å². The van der Waals surface area contributed by atoms with Crippen molar-refractivity contribution in [3.05, 3.63) is 124 Å². The third-order valence-electron chi connectivity index (χ3n) is 7.23. The van der Waals surface area contributed by atoms with Crippen LogP contribution in [0.2, 0.25) is 5.02 Å². The fraction of sp³-hybridized carbons (Fsp3) is 0.257. The van der Waals surface area contributed by atoms with Crippen molar-refractivity contribution < 1.29 is 22.7 Å². The summed E-state index contributed by atoms with van der Waals surface area (Å²) in [6, 6.07) is 28.3. The molecule has 0 heterocycles. The maximum atomic E-state index is 14.5. The lowest BCUT2D eigenvalue weighted by atomic mass is 10.0. The summed E-state index contributed by atoms with van der Waals surface area (Å²) in [5, 5.41) is 3.17. The molecule has 0 aromatic heterocycles. The number of rotatable bonds is 14. The molecule has 2 amide bonds. The third-order valence-corrected chi connectivity index (χ3v) is 9.81. The van der Waals surface area contributed by atoms with Gasteiger partial charge in [0.1, 0.15) is 18.3 Å². The summed E-state index contributed by atoms with van der Waals surface area (Å²) in [4.78, 5) is 29.9. The van der Waals surface area contributed by atoms with Gasteiger partial charge < -0.3 is 15.0 Å². The number of benzene rings is 4. The SMILES string of the molecule is COc1ccc(N(CC(=O)N(Cc2cccc(Br)c2)[C@H](Cc2ccccc2)C(=O)NCC(C)C)S(=O)(=O)c2ccccc2)cc1Cl. The Kier molecular flexibility index (Phi) is 12.3. The van der Waals surface area contributed by atoms with Gasteiger partial charge in [-0.05, 0) is 59.5 Å². The predicted molar refractivity (Wildman–Crippen MR) is 185 cm³/mol. The number of nitrogens with one attached hydrogen (secondary N) is 1. The molecule has 0 radical (unpaired) electrons. The van der Waals surface area contributed by atoms with Gasteiger partial charge in [0.2, 0.25) is 11.8 Å². The monoisotopic (exact) mass is 725 g/mol. The summed E-state index contributed by atoms with van der Waals surface area (Å²) < 4.78 is 35.4. The number of hydrogen-bond acceptors (Lipinski definition) is 5. The van der Waals surface area contributed by atoms with Crippen molar-refractivity contribution in [3.63, 3.8) is 0 Å². The van der Waals surface area contributed by atoms with Gasteiger partial charge in [0.15, 0.2) is 0 Å². The maximum absolute atomic E-state index is 14.5. The number of carbonyl (C=O) groups is 2. The second-order valence-corrected chi connectivity index (χ2v) is 14.3. The number of sulfonamides is 1. The highest BCUT2D eigenvalue weighted by atomic mass is 79.9. The lowest BCUT2D eigenvalue weighted by Gasteiger charge is -2.34. The van der Waals surface area contributed by atoms with Crippen LogP contribution in [0.15, 0.2) is 112 Å². The lowest BCUT2D eigenvalue weighted by Crippen LogP contribution is -2.53. The number of amides is 2. The zero-order valence-electron chi connectivity index (χ0n) is 25.9. The molecule has 0 unspecified atom stereocenters. The first-order valence-electron chi connectivity index (χ1n) is 14.8. The Bertz CT molecular complexity index is 1740. The van der Waals surface area contributed by atoms with E-state index in [0.717, 1.165) is 19.9 Å². The number of methoxy groups -OCH3 is 1. The van der Waals surface area contributed by atoms with Crippen LogP contribution < -0.4 is 14.4 Å². The van der Waals surface area contributed by atoms with E-state index in [1.54, 1.807) is 24.3 Å². The second-order valence-electron chi connectivity index (χ2n) is 11.1. The highest BCUT2D eigenvalue weighted by Crippen LogP contribution is 2.32. The van der Waals surface area contributed by atoms with Crippen molar-refractivity contribution in [2.24, 2.45) is 5.92 Å². The van der Waals surface area contributed by atoms with Crippen LogP contribution in [-0.4, -0.2) is 51.4 Å². The van der Waals surface area contributed by atoms with Gasteiger partial charge in [0.05, 0.1) is 22.7 Å². The molecule has 242 valence electrons. The molecule has 0 aliphatic heterocycles. The van der Waals surface area contributed by atoms with Crippen LogP contribution >= 0.6 is 27.5 Å². The van der Waals surface area contributed by atoms with E-state index in [9.17, 15) is 18.0 Å². The Labute approximate surface area is 284 Å². The summed E-state index contributed by atoms with van der Waals surface area (Å²) in [7, 11) is -2.79. The summed E-state index contributed by atoms with van der Waals surface area (Å²) in [6.45, 7) is 3.87. The number of halogens is 2. The predicted octanol–water partition coefficient (Wildman–Crippen LogP) is 6.72. The van der Waals surface area contributed by atoms with E-state index < -0.39 is 28.5 Å². The molecule has 8 nitrogen and oxygen atoms in total. The minimum atomic E-state index is -4.25. The number of anilines is 1. The van der Waals surface area contributed by atoms with Crippen LogP contribution in [0, 0.1) is 5.92 Å². The minimum Gasteiger partial charge on any atom is -0.495 e. The van der Waals surface area contributed by atoms with Gasteiger partial charge in [-0.2, -0.15) is 0 Å². The standard InChI is InChI=1S/C35H37BrClN3O5S/c1-25(2)22-38-35(42)32(20-26-11-6-4-7-12-26)39(23-27-13-10-14-28(36)19-27)34(41)24-40(29-17-18-33(45-3)31(37)21-29)46(43,44)30-15-8-5-9-16-30/h4-19,21,25,32H,20,22-24H2,1-3H3,(H,38,42)/t32-/m1/s1. The summed E-state index contributed by atoms with van der Waals surface area (Å²) in [5.74, 6) is -0.352. The normalized spacial score (nSPS) is 12.0. The first-order valence-corrected chi connectivity index (χ1v) is 17.4. The van der Waals surface area contributed by atoms with E-state index in [1.165, 1.54) is 36.3 Å². The number of carbonyl (C=O) groups excluding carboxylic acids is 2. The smallest absolute Gasteiger partial charge is 0.264 e. The molecule has 0 fully saturated rings. The number of ether oxygens (including phenoxy) is 1. The fourth-order valence-electron chi connectivity index (χ4n) is 4.87. The van der Waals surface area contributed by atoms with Crippen LogP contribution in [0.3, 0.4) is 0 Å². The van der Waals surface area contributed by atoms with Gasteiger partial charge in [-0.15, -0.1) is 0 Å². The molecule has 0 spiro atoms. The first-order chi connectivity index (χ1) is 22.0. The molecule has 4 aromatic carbocycles. The van der Waals surface area contributed by atoms with Crippen LogP contribution in [0.4, 0.5) is 5.69 Å². The molecule has 1 N–H and O–H groups in total. The molecule has 0 bridgehead atoms. The van der Waals surface area contributed by atoms with Gasteiger partial charge >= 0.3 is 0 Å². The van der Waals surface area contributed by atoms with Crippen molar-refractivity contribution in [3.8, 4) is 5.75 Å². The summed E-state index contributed by atoms with van der Waals surface area (Å²) in [5.41, 5.74) is 1.80. The average Bonchev–Trinajstić information content (AvgIpc) is 3.04. The van der Waals surface area contributed by atoms with Crippen LogP contribution in [0.1, 0.15) is 25.0 Å². The third kappa shape index (κ3) is 9.11. The quantitative estimate of drug-likeness (QED) is 0.156. The first kappa shape index (κ1) is 35.0. The zero-order valence-corrected chi connectivity index (χ0v) is 29.1. The largest absolute Gasteiger partial charge is 0.495 e. The minimum absolute atomic E-state index is 0.00351. The van der Waals surface area contributed by atoms with Gasteiger partial charge in [0, 0.05) is 24.0 Å². The molecular weight excluding hydrogens is 690 g/mol. The van der Waals surface area contributed by atoms with Crippen LogP contribution in [0.5, 0.6) is 5.75 Å². The van der Waals surface area contributed by atoms with E-state index in [-0.39, 0.29) is 40.4 Å². The lowest BCUT2D eigenvalue weighted by molar-refractivity contribution is -0.140. The van der Waals surface area contributed by atoms with E-state index in [1.807, 2.05) is 68.4 Å². The van der Waals surface area contributed by atoms with Crippen LogP contribution in [-0.2, 0) is 32.6 Å². The van der Waals surface area contributed by atoms with Crippen molar-refractivity contribution >= 4 is 55.1 Å². The van der Waals surface area contributed by atoms with Gasteiger partial charge in [0.25, 0.3) is 10.0 Å². The Hall–Kier alpha value is -3.86. The van der Waals surface area contributed by atoms with Crippen molar-refractivity contribution in [2.45, 2.75) is 37.8 Å². The molecule has 0 saturated heterocycles. The van der Waals surface area contributed by atoms with Crippen LogP contribution in [0.25, 0.3) is 0 Å². The molecule has 1 atom stereocenters. The molecule has 4 rings (SSSR count). The Balaban J connectivity index is 1.81. The van der Waals surface area contributed by atoms with E-state index in [2.05, 4.69) is 21.2 Å². The molecule has 11 heteroatoms. The second kappa shape index (κ2) is 16.1. The molecular formula is C35H37BrClN3O5S. The summed E-state index contributed by atoms with van der Waals surface area (Å²) >= 11 is 9.93. The van der Waals surface area contributed by atoms with E-state index in [4.69, 9.17) is 16.3 Å². The Morgan fingerprint density at radius 3 is 2.15 bits per heavy atom. The molecule has 0 saturated carbocycles. The topological polar surface area (TPSA) is 96.0 Å². The van der Waals surface area contributed by atoms with Gasteiger partial charge in [-0.25, -0.2) is 8.42 Å². The fourth-order valence-corrected chi connectivity index (χ4v) is 6.99. The highest BCUT2D eigenvalue weighted by molar-refractivity contribution is 9.10. The Morgan fingerprint density at radius 2 is 1.54 bits per heavy atom. The maximum Gasteiger partial charge on any atom is 0.264 e. The number of hydrogen-bond donors (Lipinski definition) is 1. The van der Waals surface area contributed by atoms with Crippen molar-refractivity contribution in [1.82, 2.24) is 10.2 Å². The average molecular weight is 727 g/mol. The summed E-state index contributed by atoms with van der Waals surface area (Å²) in [6.07, 6.45) is 0.226. The molecule has 4 aromatic rings. The molecule has 46 heavy (non-hydrogen) atoms. The zero-order chi connectivity index (χ0) is 33.3. The van der Waals surface area contributed by atoms with Crippen molar-refractivity contribution in [1.29, 1.82) is 0 Å². The molecule has 0 aliphatic rings. The molecule has 0 aliphatic carbocycles. The van der Waals surface area contributed by atoms with Crippen molar-refractivity contribution in [2.75, 3.05) is 24.5 Å². The van der Waals surface area contributed by atoms with Gasteiger partial charge in [-0.3, -0.25) is 13.9 Å².